The summed E-state index contributed by atoms with van der Waals surface area (Å²) in [6, 6.07) is 5.72. The fourth-order valence-electron chi connectivity index (χ4n) is 0.964. The Balaban J connectivity index is 2.69. The van der Waals surface area contributed by atoms with Gasteiger partial charge in [0.15, 0.2) is 11.5 Å². The first-order chi connectivity index (χ1) is 5.40. The van der Waals surface area contributed by atoms with Crippen molar-refractivity contribution in [2.45, 2.75) is 6.54 Å². The number of nitrogens with zero attached hydrogens (tertiary/aromatic N) is 3. The van der Waals surface area contributed by atoms with Crippen LogP contribution in [0.2, 0.25) is 0 Å². The Labute approximate surface area is 63.7 Å². The van der Waals surface area contributed by atoms with E-state index in [1.807, 2.05) is 24.4 Å². The molecule has 2 heterocycles. The molecule has 11 heavy (non-hydrogen) atoms. The summed E-state index contributed by atoms with van der Waals surface area (Å²) in [5.41, 5.74) is 6.22. The minimum atomic E-state index is 0.391. The van der Waals surface area contributed by atoms with Crippen LogP contribution in [0.3, 0.4) is 0 Å². The van der Waals surface area contributed by atoms with Crippen LogP contribution >= 0.6 is 0 Å². The maximum absolute atomic E-state index is 5.38. The third-order valence-electron chi connectivity index (χ3n) is 1.47. The van der Waals surface area contributed by atoms with Crippen molar-refractivity contribution in [2.75, 3.05) is 0 Å². The number of rotatable bonds is 1. The fourth-order valence-corrected chi connectivity index (χ4v) is 0.964. The van der Waals surface area contributed by atoms with Crippen molar-refractivity contribution in [3.63, 3.8) is 0 Å². The summed E-state index contributed by atoms with van der Waals surface area (Å²) >= 11 is 0. The Kier molecular flexibility index (Phi) is 1.33. The molecule has 2 N–H and O–H groups in total. The quantitative estimate of drug-likeness (QED) is 0.628. The molecule has 4 nitrogen and oxygen atoms in total. The van der Waals surface area contributed by atoms with Crippen molar-refractivity contribution in [1.82, 2.24) is 14.6 Å². The van der Waals surface area contributed by atoms with E-state index in [1.165, 1.54) is 0 Å². The number of hydrogen-bond donors (Lipinski definition) is 1. The van der Waals surface area contributed by atoms with Gasteiger partial charge < -0.3 is 5.73 Å². The zero-order chi connectivity index (χ0) is 7.68. The highest BCUT2D eigenvalue weighted by molar-refractivity contribution is 5.36. The van der Waals surface area contributed by atoms with Gasteiger partial charge in [-0.25, -0.2) is 9.50 Å². The molecule has 0 radical (unpaired) electrons. The Bertz CT molecular complexity index is 332. The Hall–Kier alpha value is -1.42. The summed E-state index contributed by atoms with van der Waals surface area (Å²) in [6.07, 6.45) is 1.85. The van der Waals surface area contributed by atoms with Crippen LogP contribution in [0.15, 0.2) is 24.4 Å². The van der Waals surface area contributed by atoms with Crippen LogP contribution < -0.4 is 5.73 Å². The molecule has 2 aromatic heterocycles. The van der Waals surface area contributed by atoms with Crippen LogP contribution in [0.5, 0.6) is 0 Å². The first-order valence-electron chi connectivity index (χ1n) is 3.40. The Morgan fingerprint density at radius 1 is 1.45 bits per heavy atom. The third kappa shape index (κ3) is 0.969. The number of nitrogens with two attached hydrogens (primary N) is 1. The molecule has 0 bridgehead atoms. The van der Waals surface area contributed by atoms with Gasteiger partial charge in [0, 0.05) is 6.20 Å². The molecule has 0 saturated heterocycles. The molecule has 2 rings (SSSR count). The van der Waals surface area contributed by atoms with E-state index in [1.54, 1.807) is 4.52 Å². The van der Waals surface area contributed by atoms with Gasteiger partial charge in [0.25, 0.3) is 0 Å². The highest BCUT2D eigenvalue weighted by Gasteiger charge is 1.97. The van der Waals surface area contributed by atoms with Crippen LogP contribution in [-0.2, 0) is 6.54 Å². The summed E-state index contributed by atoms with van der Waals surface area (Å²) in [4.78, 5) is 4.16. The second-order valence-corrected chi connectivity index (χ2v) is 2.24. The molecule has 0 aromatic carbocycles. The molecule has 0 aliphatic rings. The number of fused-ring (bicyclic) bond motifs is 1. The first-order valence-corrected chi connectivity index (χ1v) is 3.40. The summed E-state index contributed by atoms with van der Waals surface area (Å²) in [7, 11) is 0. The molecule has 0 aliphatic heterocycles. The molecule has 4 heteroatoms. The molecule has 0 fully saturated rings. The third-order valence-corrected chi connectivity index (χ3v) is 1.47. The highest BCUT2D eigenvalue weighted by Crippen LogP contribution is 1.98. The standard InChI is InChI=1S/C7H8N4/c8-5-6-9-7-3-1-2-4-11(7)10-6/h1-4H,5,8H2. The lowest BCUT2D eigenvalue weighted by atomic mass is 10.5. The first kappa shape index (κ1) is 6.30. The van der Waals surface area contributed by atoms with Gasteiger partial charge in [0.1, 0.15) is 0 Å². The van der Waals surface area contributed by atoms with E-state index in [4.69, 9.17) is 5.73 Å². The van der Waals surface area contributed by atoms with Gasteiger partial charge in [-0.05, 0) is 12.1 Å². The van der Waals surface area contributed by atoms with Crippen LogP contribution in [0.25, 0.3) is 5.65 Å². The number of aromatic nitrogens is 3. The summed E-state index contributed by atoms with van der Waals surface area (Å²) in [5.74, 6) is 0.677. The van der Waals surface area contributed by atoms with Gasteiger partial charge in [0.2, 0.25) is 0 Å². The minimum Gasteiger partial charge on any atom is -0.324 e. The second kappa shape index (κ2) is 2.32. The largest absolute Gasteiger partial charge is 0.324 e. The highest BCUT2D eigenvalue weighted by atomic mass is 15.3. The number of pyridine rings is 1. The zero-order valence-corrected chi connectivity index (χ0v) is 5.94. The van der Waals surface area contributed by atoms with Crippen molar-refractivity contribution in [2.24, 2.45) is 5.73 Å². The Morgan fingerprint density at radius 3 is 3.09 bits per heavy atom. The van der Waals surface area contributed by atoms with Gasteiger partial charge >= 0.3 is 0 Å². The average molecular weight is 148 g/mol. The lowest BCUT2D eigenvalue weighted by molar-refractivity contribution is 0.869. The van der Waals surface area contributed by atoms with Crippen molar-refractivity contribution in [3.05, 3.63) is 30.2 Å². The molecule has 0 saturated carbocycles. The molecular weight excluding hydrogens is 140 g/mol. The molecule has 0 amide bonds. The van der Waals surface area contributed by atoms with Crippen molar-refractivity contribution < 1.29 is 0 Å². The molecule has 2 aromatic rings. The van der Waals surface area contributed by atoms with Gasteiger partial charge in [-0.2, -0.15) is 0 Å². The van der Waals surface area contributed by atoms with Gasteiger partial charge in [0.05, 0.1) is 6.54 Å². The summed E-state index contributed by atoms with van der Waals surface area (Å²) in [6.45, 7) is 0.391. The van der Waals surface area contributed by atoms with E-state index in [9.17, 15) is 0 Å². The van der Waals surface area contributed by atoms with Crippen LogP contribution in [0.1, 0.15) is 5.82 Å². The normalized spacial score (nSPS) is 10.6. The van der Waals surface area contributed by atoms with E-state index in [0.717, 1.165) is 5.65 Å². The minimum absolute atomic E-state index is 0.391. The smallest absolute Gasteiger partial charge is 0.165 e. The van der Waals surface area contributed by atoms with Gasteiger partial charge in [-0.15, -0.1) is 5.10 Å². The van der Waals surface area contributed by atoms with Gasteiger partial charge in [-0.1, -0.05) is 6.07 Å². The van der Waals surface area contributed by atoms with Crippen LogP contribution in [0.4, 0.5) is 0 Å². The SMILES string of the molecule is NCc1nc2ccccn2n1. The van der Waals surface area contributed by atoms with E-state index >= 15 is 0 Å². The fraction of sp³-hybridized carbons (Fsp3) is 0.143. The van der Waals surface area contributed by atoms with Crippen molar-refractivity contribution in [3.8, 4) is 0 Å². The zero-order valence-electron chi connectivity index (χ0n) is 5.94. The van der Waals surface area contributed by atoms with Crippen molar-refractivity contribution >= 4 is 5.65 Å². The maximum atomic E-state index is 5.38. The summed E-state index contributed by atoms with van der Waals surface area (Å²) in [5, 5.41) is 4.11. The molecular formula is C7H8N4. The summed E-state index contributed by atoms with van der Waals surface area (Å²) < 4.78 is 1.71. The van der Waals surface area contributed by atoms with Gasteiger partial charge in [-0.3, -0.25) is 0 Å². The molecule has 0 aliphatic carbocycles. The average Bonchev–Trinajstić information content (AvgIpc) is 2.46. The predicted molar refractivity (Wildman–Crippen MR) is 40.9 cm³/mol. The Morgan fingerprint density at radius 2 is 2.36 bits per heavy atom. The predicted octanol–water partition coefficient (Wildman–Crippen LogP) is 0.188. The number of hydrogen-bond acceptors (Lipinski definition) is 3. The molecule has 0 spiro atoms. The van der Waals surface area contributed by atoms with Crippen LogP contribution in [0, 0.1) is 0 Å². The monoisotopic (exact) mass is 148 g/mol. The second-order valence-electron chi connectivity index (χ2n) is 2.24. The van der Waals surface area contributed by atoms with E-state index in [2.05, 4.69) is 10.1 Å². The van der Waals surface area contributed by atoms with Crippen molar-refractivity contribution in [1.29, 1.82) is 0 Å². The molecule has 0 unspecified atom stereocenters. The maximum Gasteiger partial charge on any atom is 0.165 e. The molecule has 0 atom stereocenters. The van der Waals surface area contributed by atoms with E-state index < -0.39 is 0 Å². The van der Waals surface area contributed by atoms with E-state index in [0.29, 0.717) is 12.4 Å². The topological polar surface area (TPSA) is 56.2 Å². The lowest BCUT2D eigenvalue weighted by Crippen LogP contribution is -1.98. The van der Waals surface area contributed by atoms with E-state index in [-0.39, 0.29) is 0 Å². The molecule has 56 valence electrons. The lowest BCUT2D eigenvalue weighted by Gasteiger charge is -1.84. The van der Waals surface area contributed by atoms with Crippen LogP contribution in [-0.4, -0.2) is 14.6 Å².